The lowest BCUT2D eigenvalue weighted by Crippen LogP contribution is -2.56. The SMILES string of the molecule is N[C@@H]1CCN(C(=O)N2CCC(Cn3ccc(-c4ccccc4)cc3=O)C3(CCCC3)C2)[C@H](c2ccccc2)C1. The first-order chi connectivity index (χ1) is 19.0. The van der Waals surface area contributed by atoms with E-state index >= 15 is 0 Å². The zero-order valence-electron chi connectivity index (χ0n) is 22.8. The average molecular weight is 525 g/mol. The standard InChI is InChI=1S/C33H40N4O2/c34-29-15-20-37(30(22-29)26-11-5-2-6-12-26)32(39)36-19-14-28(33(24-36)16-7-8-17-33)23-35-18-13-27(21-31(35)38)25-9-3-1-4-10-25/h1-6,9-13,18,21,28-30H,7-8,14-17,19-20,22-24,34H2/t28?,29-,30+/m1/s1. The van der Waals surface area contributed by atoms with E-state index in [1.54, 1.807) is 6.07 Å². The van der Waals surface area contributed by atoms with Crippen molar-refractivity contribution in [2.45, 2.75) is 63.6 Å². The third-order valence-corrected chi connectivity index (χ3v) is 9.58. The van der Waals surface area contributed by atoms with Gasteiger partial charge in [0.15, 0.2) is 0 Å². The lowest BCUT2D eigenvalue weighted by molar-refractivity contribution is 0.0215. The second-order valence-corrected chi connectivity index (χ2v) is 11.9. The van der Waals surface area contributed by atoms with E-state index in [-0.39, 0.29) is 29.1 Å². The zero-order valence-corrected chi connectivity index (χ0v) is 22.8. The van der Waals surface area contributed by atoms with Crippen LogP contribution in [0.2, 0.25) is 0 Å². The first-order valence-corrected chi connectivity index (χ1v) is 14.6. The number of piperidine rings is 2. The number of hydrogen-bond donors (Lipinski definition) is 1. The number of pyridine rings is 1. The summed E-state index contributed by atoms with van der Waals surface area (Å²) in [4.78, 5) is 31.4. The molecule has 2 aliphatic heterocycles. The normalized spacial score (nSPS) is 24.7. The van der Waals surface area contributed by atoms with Gasteiger partial charge < -0.3 is 20.1 Å². The van der Waals surface area contributed by atoms with E-state index in [0.717, 1.165) is 62.9 Å². The van der Waals surface area contributed by atoms with Crippen LogP contribution in [-0.2, 0) is 6.54 Å². The molecule has 3 atom stereocenters. The third-order valence-electron chi connectivity index (χ3n) is 9.58. The summed E-state index contributed by atoms with van der Waals surface area (Å²) in [7, 11) is 0. The minimum Gasteiger partial charge on any atom is -0.328 e. The van der Waals surface area contributed by atoms with E-state index in [0.29, 0.717) is 12.5 Å². The quantitative estimate of drug-likeness (QED) is 0.477. The lowest BCUT2D eigenvalue weighted by atomic mass is 9.69. The van der Waals surface area contributed by atoms with E-state index in [1.807, 2.05) is 59.3 Å². The molecule has 2 amide bonds. The van der Waals surface area contributed by atoms with Crippen LogP contribution in [0, 0.1) is 11.3 Å². The number of nitrogens with two attached hydrogens (primary N) is 1. The van der Waals surface area contributed by atoms with Gasteiger partial charge in [0.25, 0.3) is 5.56 Å². The topological polar surface area (TPSA) is 71.6 Å². The Balaban J connectivity index is 1.19. The van der Waals surface area contributed by atoms with Gasteiger partial charge in [0.2, 0.25) is 0 Å². The molecule has 1 aliphatic carbocycles. The van der Waals surface area contributed by atoms with Crippen molar-refractivity contribution in [1.29, 1.82) is 0 Å². The Labute approximate surface area is 231 Å². The fraction of sp³-hybridized carbons (Fsp3) is 0.455. The van der Waals surface area contributed by atoms with Crippen molar-refractivity contribution >= 4 is 6.03 Å². The largest absolute Gasteiger partial charge is 0.328 e. The molecule has 3 fully saturated rings. The second kappa shape index (κ2) is 11.0. The summed E-state index contributed by atoms with van der Waals surface area (Å²) >= 11 is 0. The fourth-order valence-corrected chi connectivity index (χ4v) is 7.40. The molecule has 2 saturated heterocycles. The molecule has 1 saturated carbocycles. The molecule has 6 rings (SSSR count). The summed E-state index contributed by atoms with van der Waals surface area (Å²) in [6.07, 6.45) is 9.21. The highest BCUT2D eigenvalue weighted by Gasteiger charge is 2.47. The highest BCUT2D eigenvalue weighted by atomic mass is 16.2. The van der Waals surface area contributed by atoms with Gasteiger partial charge in [-0.25, -0.2) is 4.79 Å². The molecule has 6 heteroatoms. The van der Waals surface area contributed by atoms with E-state index in [1.165, 1.54) is 18.4 Å². The van der Waals surface area contributed by atoms with Crippen LogP contribution in [0.5, 0.6) is 0 Å². The predicted octanol–water partition coefficient (Wildman–Crippen LogP) is 5.68. The minimum atomic E-state index is 0.0291. The Bertz CT molecular complexity index is 1330. The van der Waals surface area contributed by atoms with Crippen LogP contribution in [0.15, 0.2) is 83.8 Å². The van der Waals surface area contributed by atoms with Crippen LogP contribution in [0.25, 0.3) is 11.1 Å². The number of benzene rings is 2. The van der Waals surface area contributed by atoms with Gasteiger partial charge in [0, 0.05) is 44.5 Å². The van der Waals surface area contributed by atoms with Crippen molar-refractivity contribution in [3.05, 3.63) is 94.9 Å². The Kier molecular flexibility index (Phi) is 7.30. The Morgan fingerprint density at radius 1 is 0.897 bits per heavy atom. The van der Waals surface area contributed by atoms with Crippen LogP contribution in [0.4, 0.5) is 4.79 Å². The van der Waals surface area contributed by atoms with E-state index < -0.39 is 0 Å². The van der Waals surface area contributed by atoms with Crippen molar-refractivity contribution < 1.29 is 4.79 Å². The number of rotatable bonds is 4. The van der Waals surface area contributed by atoms with Gasteiger partial charge >= 0.3 is 6.03 Å². The van der Waals surface area contributed by atoms with Crippen LogP contribution in [-0.4, -0.2) is 46.1 Å². The fourth-order valence-electron chi connectivity index (χ4n) is 7.40. The highest BCUT2D eigenvalue weighted by molar-refractivity contribution is 5.75. The van der Waals surface area contributed by atoms with Gasteiger partial charge in [-0.15, -0.1) is 0 Å². The van der Waals surface area contributed by atoms with Gasteiger partial charge in [0.05, 0.1) is 6.04 Å². The van der Waals surface area contributed by atoms with Gasteiger partial charge in [-0.2, -0.15) is 0 Å². The van der Waals surface area contributed by atoms with Crippen LogP contribution >= 0.6 is 0 Å². The number of likely N-dealkylation sites (tertiary alicyclic amines) is 2. The summed E-state index contributed by atoms with van der Waals surface area (Å²) in [5.41, 5.74) is 9.70. The van der Waals surface area contributed by atoms with Crippen molar-refractivity contribution in [2.24, 2.45) is 17.1 Å². The zero-order chi connectivity index (χ0) is 26.8. The molecular weight excluding hydrogens is 484 g/mol. The monoisotopic (exact) mass is 524 g/mol. The van der Waals surface area contributed by atoms with Crippen molar-refractivity contribution in [3.8, 4) is 11.1 Å². The van der Waals surface area contributed by atoms with Crippen molar-refractivity contribution in [2.75, 3.05) is 19.6 Å². The molecule has 0 radical (unpaired) electrons. The number of hydrogen-bond acceptors (Lipinski definition) is 3. The molecular formula is C33H40N4O2. The summed E-state index contributed by atoms with van der Waals surface area (Å²) < 4.78 is 1.89. The first kappa shape index (κ1) is 25.9. The van der Waals surface area contributed by atoms with E-state index in [4.69, 9.17) is 5.73 Å². The Morgan fingerprint density at radius 3 is 2.33 bits per heavy atom. The number of urea groups is 1. The molecule has 3 aliphatic rings. The summed E-state index contributed by atoms with van der Waals surface area (Å²) in [6, 6.07) is 24.6. The van der Waals surface area contributed by atoms with E-state index in [9.17, 15) is 9.59 Å². The molecule has 2 aromatic carbocycles. The van der Waals surface area contributed by atoms with Gasteiger partial charge in [-0.05, 0) is 66.2 Å². The smallest absolute Gasteiger partial charge is 0.320 e. The van der Waals surface area contributed by atoms with Crippen LogP contribution in [0.1, 0.15) is 56.6 Å². The predicted molar refractivity (Wildman–Crippen MR) is 155 cm³/mol. The summed E-state index contributed by atoms with van der Waals surface area (Å²) in [5.74, 6) is 0.393. The number of amides is 2. The number of carbonyl (C=O) groups is 1. The molecule has 3 aromatic rings. The lowest BCUT2D eigenvalue weighted by Gasteiger charge is -2.49. The first-order valence-electron chi connectivity index (χ1n) is 14.6. The molecule has 39 heavy (non-hydrogen) atoms. The highest BCUT2D eigenvalue weighted by Crippen LogP contribution is 2.49. The van der Waals surface area contributed by atoms with Crippen molar-refractivity contribution in [1.82, 2.24) is 14.4 Å². The van der Waals surface area contributed by atoms with Crippen LogP contribution in [0.3, 0.4) is 0 Å². The Hall–Kier alpha value is -3.38. The van der Waals surface area contributed by atoms with Gasteiger partial charge in [0.1, 0.15) is 0 Å². The molecule has 1 aromatic heterocycles. The number of nitrogens with zero attached hydrogens (tertiary/aromatic N) is 3. The molecule has 1 unspecified atom stereocenters. The molecule has 0 bridgehead atoms. The third kappa shape index (κ3) is 5.27. The minimum absolute atomic E-state index is 0.0291. The maximum Gasteiger partial charge on any atom is 0.320 e. The molecule has 1 spiro atoms. The summed E-state index contributed by atoms with van der Waals surface area (Å²) in [6.45, 7) is 2.96. The molecule has 2 N–H and O–H groups in total. The number of aromatic nitrogens is 1. The van der Waals surface area contributed by atoms with Gasteiger partial charge in [-0.1, -0.05) is 73.5 Å². The maximum absolute atomic E-state index is 14.0. The second-order valence-electron chi connectivity index (χ2n) is 11.9. The molecule has 3 heterocycles. The van der Waals surface area contributed by atoms with Gasteiger partial charge in [-0.3, -0.25) is 4.79 Å². The maximum atomic E-state index is 14.0. The molecule has 204 valence electrons. The Morgan fingerprint density at radius 2 is 1.62 bits per heavy atom. The summed E-state index contributed by atoms with van der Waals surface area (Å²) in [5, 5.41) is 0. The average Bonchev–Trinajstić information content (AvgIpc) is 3.44. The number of carbonyl (C=O) groups excluding carboxylic acids is 1. The van der Waals surface area contributed by atoms with Crippen LogP contribution < -0.4 is 11.3 Å². The van der Waals surface area contributed by atoms with E-state index in [2.05, 4.69) is 28.0 Å². The van der Waals surface area contributed by atoms with Crippen molar-refractivity contribution in [3.63, 3.8) is 0 Å². The molecule has 6 nitrogen and oxygen atoms in total.